The Morgan fingerprint density at radius 2 is 2.19 bits per heavy atom. The molecule has 2 rings (SSSR count). The number of aromatic nitrogens is 1. The zero-order chi connectivity index (χ0) is 15.1. The number of ether oxygens (including phenoxy) is 2. The Morgan fingerprint density at radius 1 is 1.43 bits per heavy atom. The van der Waals surface area contributed by atoms with Crippen molar-refractivity contribution in [2.24, 2.45) is 5.10 Å². The molecule has 0 spiro atoms. The molecular weight excluding hydrogens is 290 g/mol. The molecule has 0 unspecified atom stereocenters. The second-order valence-corrected chi connectivity index (χ2v) is 4.76. The zero-order valence-electron chi connectivity index (χ0n) is 11.7. The van der Waals surface area contributed by atoms with E-state index in [2.05, 4.69) is 15.5 Å². The smallest absolute Gasteiger partial charge is 0.357 e. The number of rotatable bonds is 6. The standard InChI is InChI=1S/C14H15N3O3S/c1-3-20-13(18)12-9-21-14(16-12)17-15-8-10-4-6-11(19-2)7-5-10/h4-9H,3H2,1-2H3,(H,16,17). The Kier molecular flexibility index (Phi) is 5.28. The summed E-state index contributed by atoms with van der Waals surface area (Å²) in [5.41, 5.74) is 3.98. The van der Waals surface area contributed by atoms with Gasteiger partial charge in [-0.25, -0.2) is 9.78 Å². The third-order valence-corrected chi connectivity index (χ3v) is 3.23. The molecule has 1 aromatic heterocycles. The third kappa shape index (κ3) is 4.28. The zero-order valence-corrected chi connectivity index (χ0v) is 12.5. The predicted octanol–water partition coefficient (Wildman–Crippen LogP) is 2.77. The van der Waals surface area contributed by atoms with Gasteiger partial charge in [0.1, 0.15) is 5.75 Å². The average molecular weight is 305 g/mol. The van der Waals surface area contributed by atoms with Crippen LogP contribution in [0.5, 0.6) is 5.75 Å². The van der Waals surface area contributed by atoms with Gasteiger partial charge in [0.15, 0.2) is 5.69 Å². The number of thiazole rings is 1. The first-order valence-electron chi connectivity index (χ1n) is 6.28. The highest BCUT2D eigenvalue weighted by atomic mass is 32.1. The van der Waals surface area contributed by atoms with Gasteiger partial charge in [0.25, 0.3) is 0 Å². The average Bonchev–Trinajstić information content (AvgIpc) is 2.97. The summed E-state index contributed by atoms with van der Waals surface area (Å²) in [6.45, 7) is 2.08. The fourth-order valence-electron chi connectivity index (χ4n) is 1.48. The first-order valence-corrected chi connectivity index (χ1v) is 7.16. The van der Waals surface area contributed by atoms with Crippen LogP contribution in [0.4, 0.5) is 5.13 Å². The van der Waals surface area contributed by atoms with Gasteiger partial charge in [-0.2, -0.15) is 5.10 Å². The van der Waals surface area contributed by atoms with Gasteiger partial charge in [-0.3, -0.25) is 5.43 Å². The maximum Gasteiger partial charge on any atom is 0.357 e. The molecule has 7 heteroatoms. The minimum Gasteiger partial charge on any atom is -0.497 e. The van der Waals surface area contributed by atoms with E-state index in [1.54, 1.807) is 25.6 Å². The number of carbonyl (C=O) groups excluding carboxylic acids is 1. The van der Waals surface area contributed by atoms with Crippen molar-refractivity contribution >= 4 is 28.7 Å². The quantitative estimate of drug-likeness (QED) is 0.505. The highest BCUT2D eigenvalue weighted by Crippen LogP contribution is 2.16. The maximum absolute atomic E-state index is 11.5. The number of nitrogens with one attached hydrogen (secondary N) is 1. The van der Waals surface area contributed by atoms with E-state index in [1.165, 1.54) is 11.3 Å². The van der Waals surface area contributed by atoms with E-state index in [-0.39, 0.29) is 5.69 Å². The molecule has 0 atom stereocenters. The Morgan fingerprint density at radius 3 is 2.86 bits per heavy atom. The summed E-state index contributed by atoms with van der Waals surface area (Å²) >= 11 is 1.29. The molecule has 0 saturated carbocycles. The lowest BCUT2D eigenvalue weighted by Gasteiger charge is -1.99. The normalized spacial score (nSPS) is 10.6. The number of methoxy groups -OCH3 is 1. The minimum atomic E-state index is -0.430. The number of anilines is 1. The molecular formula is C14H15N3O3S. The van der Waals surface area contributed by atoms with Gasteiger partial charge in [0.05, 0.1) is 19.9 Å². The van der Waals surface area contributed by atoms with Gasteiger partial charge in [-0.1, -0.05) is 0 Å². The molecule has 0 amide bonds. The highest BCUT2D eigenvalue weighted by molar-refractivity contribution is 7.13. The lowest BCUT2D eigenvalue weighted by molar-refractivity contribution is 0.0520. The lowest BCUT2D eigenvalue weighted by Crippen LogP contribution is -2.04. The van der Waals surface area contributed by atoms with Crippen LogP contribution in [0.2, 0.25) is 0 Å². The summed E-state index contributed by atoms with van der Waals surface area (Å²) in [6.07, 6.45) is 1.66. The molecule has 0 aliphatic carbocycles. The largest absolute Gasteiger partial charge is 0.497 e. The summed E-state index contributed by atoms with van der Waals surface area (Å²) in [4.78, 5) is 15.5. The van der Waals surface area contributed by atoms with Crippen molar-refractivity contribution in [1.82, 2.24) is 4.98 Å². The number of esters is 1. The van der Waals surface area contributed by atoms with Crippen LogP contribution in [-0.2, 0) is 4.74 Å². The first-order chi connectivity index (χ1) is 10.2. The van der Waals surface area contributed by atoms with Gasteiger partial charge < -0.3 is 9.47 Å². The lowest BCUT2D eigenvalue weighted by atomic mass is 10.2. The Labute approximate surface area is 126 Å². The molecule has 2 aromatic rings. The molecule has 0 aliphatic heterocycles. The topological polar surface area (TPSA) is 72.8 Å². The van der Waals surface area contributed by atoms with Crippen molar-refractivity contribution in [3.63, 3.8) is 0 Å². The molecule has 1 N–H and O–H groups in total. The summed E-state index contributed by atoms with van der Waals surface area (Å²) in [5.74, 6) is 0.361. The minimum absolute atomic E-state index is 0.281. The van der Waals surface area contributed by atoms with E-state index in [0.717, 1.165) is 11.3 Å². The van der Waals surface area contributed by atoms with Gasteiger partial charge in [-0.05, 0) is 36.8 Å². The van der Waals surface area contributed by atoms with Crippen LogP contribution in [0.3, 0.4) is 0 Å². The van der Waals surface area contributed by atoms with E-state index in [4.69, 9.17) is 9.47 Å². The molecule has 1 aromatic carbocycles. The maximum atomic E-state index is 11.5. The van der Waals surface area contributed by atoms with E-state index >= 15 is 0 Å². The monoisotopic (exact) mass is 305 g/mol. The summed E-state index contributed by atoms with van der Waals surface area (Å²) in [5, 5.41) is 6.22. The number of benzene rings is 1. The summed E-state index contributed by atoms with van der Waals surface area (Å²) < 4.78 is 9.94. The van der Waals surface area contributed by atoms with Gasteiger partial charge in [-0.15, -0.1) is 11.3 Å². The Balaban J connectivity index is 1.93. The van der Waals surface area contributed by atoms with Crippen molar-refractivity contribution < 1.29 is 14.3 Å². The van der Waals surface area contributed by atoms with Crippen molar-refractivity contribution in [2.45, 2.75) is 6.92 Å². The Hall–Kier alpha value is -2.41. The van der Waals surface area contributed by atoms with Crippen LogP contribution in [0.15, 0.2) is 34.7 Å². The van der Waals surface area contributed by atoms with Crippen molar-refractivity contribution in [3.05, 3.63) is 40.9 Å². The van der Waals surface area contributed by atoms with E-state index in [1.807, 2.05) is 24.3 Å². The van der Waals surface area contributed by atoms with Crippen LogP contribution >= 0.6 is 11.3 Å². The van der Waals surface area contributed by atoms with Crippen molar-refractivity contribution in [1.29, 1.82) is 0 Å². The molecule has 110 valence electrons. The van der Waals surface area contributed by atoms with Crippen LogP contribution in [0.25, 0.3) is 0 Å². The van der Waals surface area contributed by atoms with Crippen LogP contribution in [0.1, 0.15) is 23.0 Å². The second-order valence-electron chi connectivity index (χ2n) is 3.90. The number of hydrogen-bond acceptors (Lipinski definition) is 7. The van der Waals surface area contributed by atoms with Gasteiger partial charge in [0, 0.05) is 5.38 Å². The van der Waals surface area contributed by atoms with E-state index in [9.17, 15) is 4.79 Å². The number of nitrogens with zero attached hydrogens (tertiary/aromatic N) is 2. The molecule has 0 radical (unpaired) electrons. The van der Waals surface area contributed by atoms with E-state index in [0.29, 0.717) is 11.7 Å². The predicted molar refractivity (Wildman–Crippen MR) is 82.3 cm³/mol. The first kappa shape index (κ1) is 15.0. The van der Waals surface area contributed by atoms with Gasteiger partial charge in [0.2, 0.25) is 5.13 Å². The molecule has 0 aliphatic rings. The fourth-order valence-corrected chi connectivity index (χ4v) is 2.10. The summed E-state index contributed by atoms with van der Waals surface area (Å²) in [6, 6.07) is 7.47. The Bertz CT molecular complexity index is 623. The van der Waals surface area contributed by atoms with Gasteiger partial charge >= 0.3 is 5.97 Å². The van der Waals surface area contributed by atoms with Crippen molar-refractivity contribution in [2.75, 3.05) is 19.1 Å². The number of hydrazone groups is 1. The van der Waals surface area contributed by atoms with Crippen LogP contribution < -0.4 is 10.2 Å². The second kappa shape index (κ2) is 7.39. The molecule has 1 heterocycles. The fraction of sp³-hybridized carbons (Fsp3) is 0.214. The number of carbonyl (C=O) groups is 1. The van der Waals surface area contributed by atoms with Crippen LogP contribution in [-0.4, -0.2) is 30.9 Å². The van der Waals surface area contributed by atoms with Crippen molar-refractivity contribution in [3.8, 4) is 5.75 Å². The summed E-state index contributed by atoms with van der Waals surface area (Å²) in [7, 11) is 1.62. The van der Waals surface area contributed by atoms with E-state index < -0.39 is 5.97 Å². The molecule has 0 fully saturated rings. The molecule has 21 heavy (non-hydrogen) atoms. The van der Waals surface area contributed by atoms with Crippen LogP contribution in [0, 0.1) is 0 Å². The third-order valence-electron chi connectivity index (χ3n) is 2.48. The SMILES string of the molecule is CCOC(=O)c1csc(NN=Cc2ccc(OC)cc2)n1. The molecule has 0 saturated heterocycles. The molecule has 6 nitrogen and oxygen atoms in total. The number of hydrogen-bond donors (Lipinski definition) is 1. The highest BCUT2D eigenvalue weighted by Gasteiger charge is 2.10. The molecule has 0 bridgehead atoms.